The molecule has 0 saturated heterocycles. The van der Waals surface area contributed by atoms with Crippen LogP contribution in [0, 0.1) is 0 Å². The number of benzene rings is 1. The minimum absolute atomic E-state index is 0.273. The maximum absolute atomic E-state index is 12.0. The lowest BCUT2D eigenvalue weighted by molar-refractivity contribution is -0.142. The van der Waals surface area contributed by atoms with Crippen LogP contribution >= 0.6 is 23.1 Å². The molecule has 0 radical (unpaired) electrons. The fourth-order valence-corrected chi connectivity index (χ4v) is 3.97. The third-order valence-electron chi connectivity index (χ3n) is 3.60. The molecular formula is C18H19N3O3S2. The van der Waals surface area contributed by atoms with Gasteiger partial charge in [-0.2, -0.15) is 0 Å². The van der Waals surface area contributed by atoms with Gasteiger partial charge in [-0.05, 0) is 37.4 Å². The standard InChI is InChI=1S/C18H19N3O3S2/c1-4-24-17(22)12(2)26-18-20-19-16(15-10-7-11-25-15)21(18)13-8-5-6-9-14(13)23-3/h5-12H,4H2,1-3H3. The normalized spacial score (nSPS) is 12.0. The smallest absolute Gasteiger partial charge is 0.319 e. The molecule has 0 saturated carbocycles. The van der Waals surface area contributed by atoms with Crippen LogP contribution in [0.4, 0.5) is 0 Å². The topological polar surface area (TPSA) is 66.2 Å². The van der Waals surface area contributed by atoms with E-state index in [1.165, 1.54) is 11.8 Å². The number of thiophene rings is 1. The van der Waals surface area contributed by atoms with Gasteiger partial charge in [0.05, 0.1) is 24.3 Å². The predicted octanol–water partition coefficient (Wildman–Crippen LogP) is 4.05. The summed E-state index contributed by atoms with van der Waals surface area (Å²) >= 11 is 2.89. The Morgan fingerprint density at radius 2 is 2.08 bits per heavy atom. The second kappa shape index (κ2) is 8.37. The molecule has 3 aromatic rings. The van der Waals surface area contributed by atoms with Crippen molar-refractivity contribution < 1.29 is 14.3 Å². The number of hydrogen-bond donors (Lipinski definition) is 0. The number of aromatic nitrogens is 3. The van der Waals surface area contributed by atoms with E-state index in [9.17, 15) is 4.79 Å². The lowest BCUT2D eigenvalue weighted by Gasteiger charge is -2.15. The Morgan fingerprint density at radius 1 is 1.27 bits per heavy atom. The molecule has 6 nitrogen and oxygen atoms in total. The van der Waals surface area contributed by atoms with Crippen LogP contribution in [0.25, 0.3) is 16.4 Å². The summed E-state index contributed by atoms with van der Waals surface area (Å²) in [6.07, 6.45) is 0. The Morgan fingerprint density at radius 3 is 2.77 bits per heavy atom. The van der Waals surface area contributed by atoms with Gasteiger partial charge >= 0.3 is 5.97 Å². The largest absolute Gasteiger partial charge is 0.495 e. The molecule has 0 spiro atoms. The fourth-order valence-electron chi connectivity index (χ4n) is 2.41. The molecule has 136 valence electrons. The van der Waals surface area contributed by atoms with Crippen molar-refractivity contribution in [3.8, 4) is 22.1 Å². The van der Waals surface area contributed by atoms with Gasteiger partial charge in [0.25, 0.3) is 0 Å². The van der Waals surface area contributed by atoms with E-state index in [4.69, 9.17) is 9.47 Å². The number of nitrogens with zero attached hydrogens (tertiary/aromatic N) is 3. The van der Waals surface area contributed by atoms with Crippen LogP contribution < -0.4 is 4.74 Å². The number of carbonyl (C=O) groups excluding carboxylic acids is 1. The predicted molar refractivity (Wildman–Crippen MR) is 103 cm³/mol. The van der Waals surface area contributed by atoms with Crippen molar-refractivity contribution in [2.75, 3.05) is 13.7 Å². The second-order valence-corrected chi connectivity index (χ2v) is 7.56. The molecule has 1 atom stereocenters. The maximum Gasteiger partial charge on any atom is 0.319 e. The first kappa shape index (κ1) is 18.5. The Bertz CT molecular complexity index is 878. The fraction of sp³-hybridized carbons (Fsp3) is 0.278. The summed E-state index contributed by atoms with van der Waals surface area (Å²) in [5.41, 5.74) is 0.821. The maximum atomic E-state index is 12.0. The first-order valence-corrected chi connectivity index (χ1v) is 9.87. The highest BCUT2D eigenvalue weighted by atomic mass is 32.2. The van der Waals surface area contributed by atoms with Crippen LogP contribution in [0.15, 0.2) is 46.9 Å². The molecule has 0 aliphatic carbocycles. The Kier molecular flexibility index (Phi) is 5.95. The van der Waals surface area contributed by atoms with Crippen molar-refractivity contribution in [2.45, 2.75) is 24.3 Å². The Labute approximate surface area is 160 Å². The average Bonchev–Trinajstić information content (AvgIpc) is 3.31. The van der Waals surface area contributed by atoms with Crippen LogP contribution in [0.3, 0.4) is 0 Å². The summed E-state index contributed by atoms with van der Waals surface area (Å²) in [6.45, 7) is 3.94. The highest BCUT2D eigenvalue weighted by Crippen LogP contribution is 2.35. The highest BCUT2D eigenvalue weighted by Gasteiger charge is 2.24. The first-order valence-electron chi connectivity index (χ1n) is 8.11. The van der Waals surface area contributed by atoms with Gasteiger partial charge in [0, 0.05) is 0 Å². The van der Waals surface area contributed by atoms with Gasteiger partial charge in [-0.25, -0.2) is 0 Å². The molecule has 0 amide bonds. The van der Waals surface area contributed by atoms with E-state index in [1.807, 2.05) is 46.3 Å². The van der Waals surface area contributed by atoms with Crippen molar-refractivity contribution in [3.05, 3.63) is 41.8 Å². The molecular weight excluding hydrogens is 370 g/mol. The summed E-state index contributed by atoms with van der Waals surface area (Å²) in [5.74, 6) is 1.14. The molecule has 26 heavy (non-hydrogen) atoms. The van der Waals surface area contributed by atoms with E-state index in [1.54, 1.807) is 32.3 Å². The number of thioether (sulfide) groups is 1. The van der Waals surface area contributed by atoms with Crippen molar-refractivity contribution >= 4 is 29.1 Å². The van der Waals surface area contributed by atoms with E-state index in [2.05, 4.69) is 10.2 Å². The van der Waals surface area contributed by atoms with Crippen molar-refractivity contribution in [3.63, 3.8) is 0 Å². The summed E-state index contributed by atoms with van der Waals surface area (Å²) < 4.78 is 12.5. The van der Waals surface area contributed by atoms with Gasteiger partial charge in [0.15, 0.2) is 11.0 Å². The Balaban J connectivity index is 2.07. The van der Waals surface area contributed by atoms with Crippen molar-refractivity contribution in [1.82, 2.24) is 14.8 Å². The van der Waals surface area contributed by atoms with Gasteiger partial charge in [-0.15, -0.1) is 21.5 Å². The third kappa shape index (κ3) is 3.76. The number of carbonyl (C=O) groups is 1. The number of rotatable bonds is 7. The molecule has 8 heteroatoms. The van der Waals surface area contributed by atoms with E-state index < -0.39 is 5.25 Å². The van der Waals surface area contributed by atoms with Crippen LogP contribution in [-0.4, -0.2) is 39.7 Å². The van der Waals surface area contributed by atoms with Crippen LogP contribution in [0.1, 0.15) is 13.8 Å². The molecule has 0 fully saturated rings. The second-order valence-electron chi connectivity index (χ2n) is 5.30. The minimum Gasteiger partial charge on any atom is -0.495 e. The Hall–Kier alpha value is -2.32. The number of esters is 1. The number of methoxy groups -OCH3 is 1. The molecule has 0 aliphatic heterocycles. The zero-order chi connectivity index (χ0) is 18.5. The summed E-state index contributed by atoms with van der Waals surface area (Å²) in [6, 6.07) is 11.6. The van der Waals surface area contributed by atoms with E-state index in [0.29, 0.717) is 23.3 Å². The lowest BCUT2D eigenvalue weighted by Crippen LogP contribution is -2.17. The molecule has 2 heterocycles. The van der Waals surface area contributed by atoms with Gasteiger partial charge in [0.1, 0.15) is 11.0 Å². The zero-order valence-electron chi connectivity index (χ0n) is 14.7. The SMILES string of the molecule is CCOC(=O)C(C)Sc1nnc(-c2cccs2)n1-c1ccccc1OC. The summed E-state index contributed by atoms with van der Waals surface area (Å²) in [7, 11) is 1.63. The van der Waals surface area contributed by atoms with Crippen LogP contribution in [0.2, 0.25) is 0 Å². The molecule has 0 N–H and O–H groups in total. The van der Waals surface area contributed by atoms with E-state index in [-0.39, 0.29) is 5.97 Å². The minimum atomic E-state index is -0.399. The monoisotopic (exact) mass is 389 g/mol. The number of ether oxygens (including phenoxy) is 2. The van der Waals surface area contributed by atoms with Gasteiger partial charge < -0.3 is 9.47 Å². The molecule has 2 aromatic heterocycles. The lowest BCUT2D eigenvalue weighted by atomic mass is 10.3. The number of hydrogen-bond acceptors (Lipinski definition) is 7. The average molecular weight is 390 g/mol. The van der Waals surface area contributed by atoms with Crippen LogP contribution in [0.5, 0.6) is 5.75 Å². The number of para-hydroxylation sites is 2. The molecule has 3 rings (SSSR count). The van der Waals surface area contributed by atoms with Crippen molar-refractivity contribution in [2.24, 2.45) is 0 Å². The van der Waals surface area contributed by atoms with Gasteiger partial charge in [-0.3, -0.25) is 9.36 Å². The molecule has 1 aromatic carbocycles. The zero-order valence-corrected chi connectivity index (χ0v) is 16.3. The van der Waals surface area contributed by atoms with E-state index in [0.717, 1.165) is 10.6 Å². The van der Waals surface area contributed by atoms with E-state index >= 15 is 0 Å². The van der Waals surface area contributed by atoms with Crippen molar-refractivity contribution in [1.29, 1.82) is 0 Å². The van der Waals surface area contributed by atoms with Crippen LogP contribution in [-0.2, 0) is 9.53 Å². The first-order chi connectivity index (χ1) is 12.7. The van der Waals surface area contributed by atoms with Gasteiger partial charge in [0.2, 0.25) is 0 Å². The molecule has 0 aliphatic rings. The third-order valence-corrected chi connectivity index (χ3v) is 5.49. The summed E-state index contributed by atoms with van der Waals surface area (Å²) in [4.78, 5) is 13.0. The molecule has 1 unspecified atom stereocenters. The highest BCUT2D eigenvalue weighted by molar-refractivity contribution is 8.00. The quantitative estimate of drug-likeness (QED) is 0.449. The summed E-state index contributed by atoms with van der Waals surface area (Å²) in [5, 5.41) is 10.9. The molecule has 0 bridgehead atoms. The van der Waals surface area contributed by atoms with Gasteiger partial charge in [-0.1, -0.05) is 30.0 Å².